The minimum absolute atomic E-state index is 0.0673. The molecule has 0 fully saturated rings. The van der Waals surface area contributed by atoms with Crippen molar-refractivity contribution in [1.82, 2.24) is 4.90 Å². The lowest BCUT2D eigenvalue weighted by Crippen LogP contribution is -2.44. The van der Waals surface area contributed by atoms with Crippen molar-refractivity contribution >= 4 is 23.5 Å². The minimum atomic E-state index is -0.791. The summed E-state index contributed by atoms with van der Waals surface area (Å²) in [5.41, 5.74) is 1.55. The van der Waals surface area contributed by atoms with E-state index >= 15 is 0 Å². The summed E-state index contributed by atoms with van der Waals surface area (Å²) in [5, 5.41) is 0.623. The number of likely N-dealkylation sites (N-methyl/N-ethyl adjacent to an activating group) is 1. The molecule has 1 amide bonds. The molecule has 0 spiro atoms. The van der Waals surface area contributed by atoms with Crippen molar-refractivity contribution in [2.75, 3.05) is 13.6 Å². The summed E-state index contributed by atoms with van der Waals surface area (Å²) in [6.07, 6.45) is 1.64. The van der Waals surface area contributed by atoms with Crippen LogP contribution in [0.1, 0.15) is 50.3 Å². The van der Waals surface area contributed by atoms with E-state index in [4.69, 9.17) is 16.3 Å². The molecular formula is C24H27ClFNO3. The molecule has 1 aliphatic carbocycles. The van der Waals surface area contributed by atoms with Gasteiger partial charge in [0.05, 0.1) is 6.54 Å². The quantitative estimate of drug-likeness (QED) is 0.611. The average Bonchev–Trinajstić information content (AvgIpc) is 2.99. The normalized spacial score (nSPS) is 18.1. The van der Waals surface area contributed by atoms with Crippen molar-refractivity contribution in [3.63, 3.8) is 0 Å². The van der Waals surface area contributed by atoms with E-state index in [9.17, 15) is 14.0 Å². The number of ether oxygens (including phenoxy) is 1. The first kappa shape index (κ1) is 22.3. The van der Waals surface area contributed by atoms with Gasteiger partial charge in [0.15, 0.2) is 0 Å². The van der Waals surface area contributed by atoms with Crippen LogP contribution in [0.5, 0.6) is 0 Å². The fourth-order valence-corrected chi connectivity index (χ4v) is 4.67. The molecule has 2 aromatic rings. The number of hydrogen-bond donors (Lipinski definition) is 0. The molecule has 1 unspecified atom stereocenters. The molecule has 1 atom stereocenters. The SMILES string of the molecule is CC(=O)OC(C)(C)CN(C)C(=O)CC1(c2ccc(Cl)cc2)CCc2cc(F)ccc21. The molecule has 0 aliphatic heterocycles. The molecule has 0 saturated heterocycles. The van der Waals surface area contributed by atoms with Gasteiger partial charge in [-0.3, -0.25) is 9.59 Å². The third kappa shape index (κ3) is 4.67. The Balaban J connectivity index is 1.93. The summed E-state index contributed by atoms with van der Waals surface area (Å²) in [6.45, 7) is 5.19. The second-order valence-electron chi connectivity index (χ2n) is 8.67. The van der Waals surface area contributed by atoms with Crippen LogP contribution < -0.4 is 0 Å². The highest BCUT2D eigenvalue weighted by Gasteiger charge is 2.43. The monoisotopic (exact) mass is 431 g/mol. The maximum atomic E-state index is 13.8. The number of rotatable bonds is 6. The van der Waals surface area contributed by atoms with E-state index in [1.165, 1.54) is 13.0 Å². The second kappa shape index (κ2) is 8.38. The molecule has 0 saturated carbocycles. The van der Waals surface area contributed by atoms with E-state index in [0.29, 0.717) is 17.9 Å². The van der Waals surface area contributed by atoms with Crippen molar-refractivity contribution in [3.8, 4) is 0 Å². The molecule has 160 valence electrons. The van der Waals surface area contributed by atoms with Gasteiger partial charge in [-0.1, -0.05) is 29.8 Å². The maximum absolute atomic E-state index is 13.8. The average molecular weight is 432 g/mol. The van der Waals surface area contributed by atoms with Crippen LogP contribution in [0.4, 0.5) is 4.39 Å². The van der Waals surface area contributed by atoms with Crippen LogP contribution >= 0.6 is 11.6 Å². The fourth-order valence-electron chi connectivity index (χ4n) is 4.55. The Kier molecular flexibility index (Phi) is 6.23. The maximum Gasteiger partial charge on any atom is 0.303 e. The van der Waals surface area contributed by atoms with Crippen LogP contribution in [0.3, 0.4) is 0 Å². The van der Waals surface area contributed by atoms with Gasteiger partial charge in [-0.25, -0.2) is 4.39 Å². The van der Waals surface area contributed by atoms with Crippen LogP contribution in [0, 0.1) is 5.82 Å². The third-order valence-corrected chi connectivity index (χ3v) is 5.97. The molecular weight excluding hydrogens is 405 g/mol. The zero-order chi connectivity index (χ0) is 22.1. The predicted molar refractivity (Wildman–Crippen MR) is 115 cm³/mol. The number of amides is 1. The molecule has 0 aromatic heterocycles. The molecule has 2 aromatic carbocycles. The smallest absolute Gasteiger partial charge is 0.303 e. The van der Waals surface area contributed by atoms with Gasteiger partial charge < -0.3 is 9.64 Å². The topological polar surface area (TPSA) is 46.6 Å². The number of aryl methyl sites for hydroxylation is 1. The van der Waals surface area contributed by atoms with Crippen molar-refractivity contribution < 1.29 is 18.7 Å². The van der Waals surface area contributed by atoms with Gasteiger partial charge >= 0.3 is 5.97 Å². The zero-order valence-corrected chi connectivity index (χ0v) is 18.6. The number of halogens is 2. The standard InChI is InChI=1S/C24H27ClFNO3/c1-16(28)30-23(2,3)15-27(4)22(29)14-24(18-5-7-19(25)8-6-18)12-11-17-13-20(26)9-10-21(17)24/h5-10,13H,11-12,14-15H2,1-4H3. The van der Waals surface area contributed by atoms with Gasteiger partial charge in [-0.05, 0) is 67.6 Å². The number of carbonyl (C=O) groups is 2. The van der Waals surface area contributed by atoms with Gasteiger partial charge in [0.1, 0.15) is 11.4 Å². The summed E-state index contributed by atoms with van der Waals surface area (Å²) < 4.78 is 19.1. The number of hydrogen-bond acceptors (Lipinski definition) is 3. The zero-order valence-electron chi connectivity index (χ0n) is 17.8. The Bertz CT molecular complexity index is 957. The Morgan fingerprint density at radius 2 is 1.87 bits per heavy atom. The lowest BCUT2D eigenvalue weighted by atomic mass is 9.72. The van der Waals surface area contributed by atoms with Crippen LogP contribution in [0.15, 0.2) is 42.5 Å². The predicted octanol–water partition coefficient (Wildman–Crippen LogP) is 4.90. The van der Waals surface area contributed by atoms with Crippen molar-refractivity contribution in [3.05, 3.63) is 70.0 Å². The Hall–Kier alpha value is -2.40. The number of nitrogens with zero attached hydrogens (tertiary/aromatic N) is 1. The van der Waals surface area contributed by atoms with Crippen molar-refractivity contribution in [2.45, 2.75) is 51.0 Å². The highest BCUT2D eigenvalue weighted by molar-refractivity contribution is 6.30. The summed E-state index contributed by atoms with van der Waals surface area (Å²) in [6, 6.07) is 12.3. The van der Waals surface area contributed by atoms with Gasteiger partial charge in [-0.2, -0.15) is 0 Å². The lowest BCUT2D eigenvalue weighted by molar-refractivity contribution is -0.157. The fraction of sp³-hybridized carbons (Fsp3) is 0.417. The van der Waals surface area contributed by atoms with E-state index in [2.05, 4.69) is 0 Å². The summed E-state index contributed by atoms with van der Waals surface area (Å²) in [5.74, 6) is -0.722. The first-order valence-corrected chi connectivity index (χ1v) is 10.4. The Labute approximate surface area is 182 Å². The van der Waals surface area contributed by atoms with Crippen molar-refractivity contribution in [1.29, 1.82) is 0 Å². The number of esters is 1. The Morgan fingerprint density at radius 3 is 2.50 bits per heavy atom. The molecule has 0 bridgehead atoms. The first-order chi connectivity index (χ1) is 14.0. The largest absolute Gasteiger partial charge is 0.458 e. The highest BCUT2D eigenvalue weighted by Crippen LogP contribution is 2.47. The molecule has 4 nitrogen and oxygen atoms in total. The van der Waals surface area contributed by atoms with Crippen molar-refractivity contribution in [2.24, 2.45) is 0 Å². The molecule has 0 N–H and O–H groups in total. The number of benzene rings is 2. The van der Waals surface area contributed by atoms with Gasteiger partial charge in [-0.15, -0.1) is 0 Å². The van der Waals surface area contributed by atoms with E-state index in [1.807, 2.05) is 24.3 Å². The van der Waals surface area contributed by atoms with Gasteiger partial charge in [0.2, 0.25) is 5.91 Å². The molecule has 3 rings (SSSR count). The molecule has 30 heavy (non-hydrogen) atoms. The number of fused-ring (bicyclic) bond motifs is 1. The third-order valence-electron chi connectivity index (χ3n) is 5.72. The molecule has 6 heteroatoms. The van der Waals surface area contributed by atoms with Gasteiger partial charge in [0, 0.05) is 30.8 Å². The summed E-state index contributed by atoms with van der Waals surface area (Å²) in [4.78, 5) is 26.2. The molecule has 1 aliphatic rings. The van der Waals surface area contributed by atoms with E-state index < -0.39 is 11.0 Å². The second-order valence-corrected chi connectivity index (χ2v) is 9.11. The van der Waals surface area contributed by atoms with E-state index in [-0.39, 0.29) is 30.7 Å². The van der Waals surface area contributed by atoms with Crippen LogP contribution in [-0.4, -0.2) is 36.0 Å². The first-order valence-electron chi connectivity index (χ1n) is 10.0. The highest BCUT2D eigenvalue weighted by atomic mass is 35.5. The van der Waals surface area contributed by atoms with Gasteiger partial charge in [0.25, 0.3) is 0 Å². The molecule has 0 radical (unpaired) electrons. The summed E-state index contributed by atoms with van der Waals surface area (Å²) >= 11 is 6.09. The number of carbonyl (C=O) groups excluding carboxylic acids is 2. The van der Waals surface area contributed by atoms with Crippen LogP contribution in [0.2, 0.25) is 5.02 Å². The minimum Gasteiger partial charge on any atom is -0.458 e. The summed E-state index contributed by atoms with van der Waals surface area (Å²) in [7, 11) is 1.71. The Morgan fingerprint density at radius 1 is 1.20 bits per heavy atom. The van der Waals surface area contributed by atoms with Crippen LogP contribution in [-0.2, 0) is 26.2 Å². The molecule has 0 heterocycles. The van der Waals surface area contributed by atoms with Crippen LogP contribution in [0.25, 0.3) is 0 Å². The lowest BCUT2D eigenvalue weighted by Gasteiger charge is -2.35. The van der Waals surface area contributed by atoms with E-state index in [0.717, 1.165) is 16.7 Å². The van der Waals surface area contributed by atoms with E-state index in [1.54, 1.807) is 37.9 Å².